The van der Waals surface area contributed by atoms with Crippen molar-refractivity contribution in [3.63, 3.8) is 0 Å². The van der Waals surface area contributed by atoms with E-state index in [1.807, 2.05) is 35.3 Å². The molecule has 5 rings (SSSR count). The van der Waals surface area contributed by atoms with Gasteiger partial charge in [-0.15, -0.1) is 6.42 Å². The van der Waals surface area contributed by atoms with Crippen LogP contribution in [0.15, 0.2) is 65.5 Å². The van der Waals surface area contributed by atoms with E-state index < -0.39 is 0 Å². The van der Waals surface area contributed by atoms with E-state index in [4.69, 9.17) is 6.42 Å². The summed E-state index contributed by atoms with van der Waals surface area (Å²) < 4.78 is 3.00. The Morgan fingerprint density at radius 2 is 2.03 bits per heavy atom. The Morgan fingerprint density at radius 1 is 1.18 bits per heavy atom. The summed E-state index contributed by atoms with van der Waals surface area (Å²) in [5.74, 6) is 5.33. The van der Waals surface area contributed by atoms with Crippen molar-refractivity contribution in [1.82, 2.24) is 25.0 Å². The van der Waals surface area contributed by atoms with E-state index >= 15 is 0 Å². The number of aromatic nitrogens is 3. The first-order valence-electron chi connectivity index (χ1n) is 11.7. The van der Waals surface area contributed by atoms with Gasteiger partial charge < -0.3 is 10.2 Å². The van der Waals surface area contributed by atoms with Crippen LogP contribution in [-0.4, -0.2) is 45.8 Å². The Bertz CT molecular complexity index is 1190. The van der Waals surface area contributed by atoms with Gasteiger partial charge >= 0.3 is 0 Å². The molecule has 0 aliphatic carbocycles. The monoisotopic (exact) mass is 516 g/mol. The molecule has 1 fully saturated rings. The quantitative estimate of drug-likeness (QED) is 0.493. The number of likely N-dealkylation sites (N-methyl/N-ethyl adjacent to an activating group) is 1. The van der Waals surface area contributed by atoms with Crippen LogP contribution >= 0.6 is 15.9 Å². The minimum absolute atomic E-state index is 0.281. The molecule has 2 aromatic heterocycles. The van der Waals surface area contributed by atoms with Crippen molar-refractivity contribution in [1.29, 1.82) is 0 Å². The number of hydrogen-bond acceptors (Lipinski definition) is 5. The summed E-state index contributed by atoms with van der Waals surface area (Å²) in [6, 6.07) is 12.7. The fourth-order valence-corrected chi connectivity index (χ4v) is 5.60. The van der Waals surface area contributed by atoms with Crippen LogP contribution in [0.5, 0.6) is 0 Å². The van der Waals surface area contributed by atoms with E-state index in [0.717, 1.165) is 46.9 Å². The normalized spacial score (nSPS) is 20.4. The molecule has 0 spiro atoms. The maximum absolute atomic E-state index is 5.51. The lowest BCUT2D eigenvalue weighted by atomic mass is 9.88. The molecule has 174 valence electrons. The number of pyridine rings is 1. The molecule has 7 heteroatoms. The van der Waals surface area contributed by atoms with Gasteiger partial charge in [0.15, 0.2) is 0 Å². The molecule has 2 unspecified atom stereocenters. The molecule has 34 heavy (non-hydrogen) atoms. The van der Waals surface area contributed by atoms with Crippen molar-refractivity contribution >= 4 is 27.6 Å². The van der Waals surface area contributed by atoms with Crippen LogP contribution in [0.3, 0.4) is 0 Å². The number of likely N-dealkylation sites (tertiary alicyclic amines) is 1. The largest absolute Gasteiger partial charge is 0.366 e. The zero-order valence-corrected chi connectivity index (χ0v) is 20.9. The fourth-order valence-electron chi connectivity index (χ4n) is 5.06. The highest BCUT2D eigenvalue weighted by atomic mass is 79.9. The van der Waals surface area contributed by atoms with Gasteiger partial charge in [0, 0.05) is 44.6 Å². The molecule has 0 amide bonds. The summed E-state index contributed by atoms with van der Waals surface area (Å²) in [6.45, 7) is 3.85. The summed E-state index contributed by atoms with van der Waals surface area (Å²) in [6.07, 6.45) is 15.8. The molecule has 1 aromatic carbocycles. The number of rotatable bonds is 6. The molecular formula is C27H29BrN6. The second-order valence-corrected chi connectivity index (χ2v) is 9.93. The molecule has 1 N–H and O–H groups in total. The second-order valence-electron chi connectivity index (χ2n) is 9.07. The third-order valence-electron chi connectivity index (χ3n) is 6.79. The molecule has 2 atom stereocenters. The van der Waals surface area contributed by atoms with Crippen molar-refractivity contribution in [2.45, 2.75) is 32.0 Å². The average molecular weight is 517 g/mol. The Labute approximate surface area is 209 Å². The third-order valence-corrected chi connectivity index (χ3v) is 7.35. The zero-order chi connectivity index (χ0) is 23.5. The number of anilines is 1. The maximum atomic E-state index is 5.51. The molecule has 2 aliphatic heterocycles. The summed E-state index contributed by atoms with van der Waals surface area (Å²) >= 11 is 3.72. The summed E-state index contributed by atoms with van der Waals surface area (Å²) in [4.78, 5) is 9.17. The minimum Gasteiger partial charge on any atom is -0.366 e. The number of nitrogens with one attached hydrogen (secondary N) is 1. The van der Waals surface area contributed by atoms with Crippen molar-refractivity contribution in [2.24, 2.45) is 5.92 Å². The molecule has 0 bridgehead atoms. The molecule has 2 aliphatic rings. The summed E-state index contributed by atoms with van der Waals surface area (Å²) in [5, 5.41) is 8.23. The first kappa shape index (κ1) is 22.7. The molecule has 3 aromatic rings. The fraction of sp³-hybridized carbons (Fsp3) is 0.333. The van der Waals surface area contributed by atoms with Gasteiger partial charge in [-0.1, -0.05) is 24.1 Å². The topological polar surface area (TPSA) is 49.2 Å². The maximum Gasteiger partial charge on any atom is 0.148 e. The molecule has 4 heterocycles. The van der Waals surface area contributed by atoms with E-state index in [1.54, 1.807) is 6.20 Å². The van der Waals surface area contributed by atoms with Crippen molar-refractivity contribution in [2.75, 3.05) is 25.0 Å². The smallest absolute Gasteiger partial charge is 0.148 e. The Hall–Kier alpha value is -3.08. The lowest BCUT2D eigenvalue weighted by molar-refractivity contribution is 0.157. The first-order valence-corrected chi connectivity index (χ1v) is 12.5. The lowest BCUT2D eigenvalue weighted by Gasteiger charge is -2.42. The number of hydrogen-bond donors (Lipinski definition) is 1. The van der Waals surface area contributed by atoms with E-state index in [0.29, 0.717) is 12.5 Å². The second kappa shape index (κ2) is 10.0. The standard InChI is InChI=1S/C27H29BrN6/c1-3-20-8-10-21(11-9-20)18-33-13-5-7-23(19-33)25-14-26(30-16-22-6-4-12-29-15-22)34-27(32(25)2)24(28)17-31-34/h1,4,6,8-12,14-15,17,23,25,30H,5,7,13,16,18-19H2,2H3. The van der Waals surface area contributed by atoms with E-state index in [-0.39, 0.29) is 6.04 Å². The van der Waals surface area contributed by atoms with Crippen LogP contribution in [0, 0.1) is 18.3 Å². The van der Waals surface area contributed by atoms with Crippen LogP contribution in [0.1, 0.15) is 29.5 Å². The number of fused-ring (bicyclic) bond motifs is 1. The molecule has 0 saturated carbocycles. The van der Waals surface area contributed by atoms with E-state index in [2.05, 4.69) is 78.4 Å². The number of halogens is 1. The van der Waals surface area contributed by atoms with Gasteiger partial charge in [0.25, 0.3) is 0 Å². The summed E-state index contributed by atoms with van der Waals surface area (Å²) in [7, 11) is 2.18. The Kier molecular flexibility index (Phi) is 6.70. The van der Waals surface area contributed by atoms with Crippen LogP contribution in [0.2, 0.25) is 0 Å². The van der Waals surface area contributed by atoms with Gasteiger partial charge in [0.2, 0.25) is 0 Å². The van der Waals surface area contributed by atoms with E-state index in [9.17, 15) is 0 Å². The van der Waals surface area contributed by atoms with Gasteiger partial charge in [0.05, 0.1) is 16.7 Å². The average Bonchev–Trinajstić information content (AvgIpc) is 3.27. The van der Waals surface area contributed by atoms with Crippen molar-refractivity contribution in [3.8, 4) is 12.3 Å². The van der Waals surface area contributed by atoms with Gasteiger partial charge in [-0.05, 0) is 76.6 Å². The number of piperidine rings is 1. The van der Waals surface area contributed by atoms with Gasteiger partial charge in [-0.3, -0.25) is 9.88 Å². The molecule has 1 saturated heterocycles. The van der Waals surface area contributed by atoms with Crippen molar-refractivity contribution in [3.05, 3.63) is 82.2 Å². The van der Waals surface area contributed by atoms with Crippen molar-refractivity contribution < 1.29 is 0 Å². The van der Waals surface area contributed by atoms with Gasteiger partial charge in [-0.2, -0.15) is 5.10 Å². The Morgan fingerprint density at radius 3 is 2.79 bits per heavy atom. The van der Waals surface area contributed by atoms with Crippen LogP contribution < -0.4 is 10.2 Å². The summed E-state index contributed by atoms with van der Waals surface area (Å²) in [5.41, 5.74) is 3.39. The zero-order valence-electron chi connectivity index (χ0n) is 19.4. The Balaban J connectivity index is 1.34. The van der Waals surface area contributed by atoms with Crippen LogP contribution in [0.4, 0.5) is 5.82 Å². The van der Waals surface area contributed by atoms with E-state index in [1.165, 1.54) is 18.4 Å². The highest BCUT2D eigenvalue weighted by Gasteiger charge is 2.34. The number of nitrogens with zero attached hydrogens (tertiary/aromatic N) is 5. The molecule has 6 nitrogen and oxygen atoms in total. The van der Waals surface area contributed by atoms with Crippen LogP contribution in [-0.2, 0) is 13.1 Å². The number of benzene rings is 1. The highest BCUT2D eigenvalue weighted by molar-refractivity contribution is 9.10. The minimum atomic E-state index is 0.281. The lowest BCUT2D eigenvalue weighted by Crippen LogP contribution is -2.48. The SMILES string of the molecule is C#Cc1ccc(CN2CCCC(C3C=C(NCc4cccnc4)n4ncc(Br)c4N3C)C2)cc1. The number of terminal acetylenes is 1. The first-order chi connectivity index (χ1) is 16.6. The predicted molar refractivity (Wildman–Crippen MR) is 140 cm³/mol. The van der Waals surface area contributed by atoms with Gasteiger partial charge in [0.1, 0.15) is 11.6 Å². The van der Waals surface area contributed by atoms with Crippen LogP contribution in [0.25, 0.3) is 5.82 Å². The molecule has 0 radical (unpaired) electrons. The van der Waals surface area contributed by atoms with Gasteiger partial charge in [-0.25, -0.2) is 4.68 Å². The third kappa shape index (κ3) is 4.75. The molecular weight excluding hydrogens is 488 g/mol. The predicted octanol–water partition coefficient (Wildman–Crippen LogP) is 4.34. The highest BCUT2D eigenvalue weighted by Crippen LogP contribution is 2.36.